The quantitative estimate of drug-likeness (QED) is 0.392. The lowest BCUT2D eigenvalue weighted by atomic mass is 10.0. The van der Waals surface area contributed by atoms with Crippen molar-refractivity contribution in [3.8, 4) is 0 Å². The molecule has 4 aromatic rings. The minimum atomic E-state index is -0.0461. The molecule has 4 rings (SSSR count). The van der Waals surface area contributed by atoms with Crippen LogP contribution in [0.15, 0.2) is 66.7 Å². The Hall–Kier alpha value is -2.69. The predicted molar refractivity (Wildman–Crippen MR) is 118 cm³/mol. The molecule has 28 heavy (non-hydrogen) atoms. The van der Waals surface area contributed by atoms with Crippen LogP contribution >= 0.6 is 22.9 Å². The van der Waals surface area contributed by atoms with Gasteiger partial charge in [0.1, 0.15) is 0 Å². The fourth-order valence-electron chi connectivity index (χ4n) is 3.11. The topological polar surface area (TPSA) is 33.2 Å². The molecule has 140 valence electrons. The molecule has 3 aromatic carbocycles. The van der Waals surface area contributed by atoms with Crippen LogP contribution in [0.2, 0.25) is 5.02 Å². The number of thiazole rings is 1. The molecule has 5 heteroatoms. The molecule has 0 aliphatic heterocycles. The average molecular weight is 407 g/mol. The summed E-state index contributed by atoms with van der Waals surface area (Å²) in [5.41, 5.74) is 4.62. The summed E-state index contributed by atoms with van der Waals surface area (Å²) < 4.78 is 0.967. The number of amides is 1. The molecule has 0 fully saturated rings. The van der Waals surface area contributed by atoms with Crippen molar-refractivity contribution in [1.82, 2.24) is 4.98 Å². The van der Waals surface area contributed by atoms with Gasteiger partial charge in [-0.15, -0.1) is 0 Å². The van der Waals surface area contributed by atoms with Gasteiger partial charge in [0, 0.05) is 10.6 Å². The van der Waals surface area contributed by atoms with Crippen molar-refractivity contribution in [1.29, 1.82) is 0 Å². The largest absolute Gasteiger partial charge is 0.279 e. The minimum absolute atomic E-state index is 0.0461. The molecular weight excluding hydrogens is 388 g/mol. The predicted octanol–water partition coefficient (Wildman–Crippen LogP) is 6.41. The van der Waals surface area contributed by atoms with Crippen molar-refractivity contribution < 1.29 is 4.79 Å². The number of carbonyl (C=O) groups excluding carboxylic acids is 1. The van der Waals surface area contributed by atoms with Gasteiger partial charge < -0.3 is 0 Å². The molecule has 0 N–H and O–H groups in total. The molecular formula is C23H19ClN2OS. The summed E-state index contributed by atoms with van der Waals surface area (Å²) in [5.74, 6) is -0.0461. The van der Waals surface area contributed by atoms with E-state index in [1.165, 1.54) is 11.3 Å². The molecule has 0 atom stereocenters. The highest BCUT2D eigenvalue weighted by Gasteiger charge is 2.23. The first-order valence-corrected chi connectivity index (χ1v) is 10.2. The molecule has 0 aliphatic carbocycles. The maximum Gasteiger partial charge on any atom is 0.260 e. The summed E-state index contributed by atoms with van der Waals surface area (Å²) in [5, 5.41) is 1.34. The molecule has 0 spiro atoms. The highest BCUT2D eigenvalue weighted by atomic mass is 35.5. The van der Waals surface area contributed by atoms with Crippen LogP contribution in [0.1, 0.15) is 27.0 Å². The Morgan fingerprint density at radius 3 is 2.61 bits per heavy atom. The monoisotopic (exact) mass is 406 g/mol. The van der Waals surface area contributed by atoms with E-state index in [0.717, 1.165) is 26.9 Å². The Morgan fingerprint density at radius 1 is 1.04 bits per heavy atom. The van der Waals surface area contributed by atoms with E-state index in [4.69, 9.17) is 16.6 Å². The van der Waals surface area contributed by atoms with E-state index in [0.29, 0.717) is 22.3 Å². The number of hydrogen-bond acceptors (Lipinski definition) is 3. The van der Waals surface area contributed by atoms with E-state index in [9.17, 15) is 4.79 Å². The third-order valence-electron chi connectivity index (χ3n) is 4.62. The van der Waals surface area contributed by atoms with Crippen molar-refractivity contribution in [3.63, 3.8) is 0 Å². The van der Waals surface area contributed by atoms with Crippen molar-refractivity contribution in [2.45, 2.75) is 20.4 Å². The second kappa shape index (κ2) is 7.74. The van der Waals surface area contributed by atoms with E-state index >= 15 is 0 Å². The summed E-state index contributed by atoms with van der Waals surface area (Å²) in [6.07, 6.45) is 0. The minimum Gasteiger partial charge on any atom is -0.279 e. The highest BCUT2D eigenvalue weighted by molar-refractivity contribution is 7.22. The van der Waals surface area contributed by atoms with E-state index in [1.807, 2.05) is 80.6 Å². The van der Waals surface area contributed by atoms with Crippen LogP contribution in [0.3, 0.4) is 0 Å². The molecule has 0 unspecified atom stereocenters. The third kappa shape index (κ3) is 3.79. The first-order valence-electron chi connectivity index (χ1n) is 9.00. The Kier molecular flexibility index (Phi) is 5.16. The molecule has 1 amide bonds. The molecule has 1 heterocycles. The molecule has 0 saturated carbocycles. The Bertz CT molecular complexity index is 1150. The zero-order valence-corrected chi connectivity index (χ0v) is 17.2. The standard InChI is InChI=1S/C23H19ClN2OS/c1-15-8-9-16(2)19(12-15)22(27)26(14-17-6-4-3-5-7-17)23-25-20-11-10-18(24)13-21(20)28-23/h3-13H,14H2,1-2H3. The molecule has 0 aliphatic rings. The lowest BCUT2D eigenvalue weighted by molar-refractivity contribution is 0.0984. The number of halogens is 1. The van der Waals surface area contributed by atoms with Crippen LogP contribution in [-0.4, -0.2) is 10.9 Å². The Labute approximate surface area is 173 Å². The van der Waals surface area contributed by atoms with Crippen molar-refractivity contribution in [2.75, 3.05) is 4.90 Å². The summed E-state index contributed by atoms with van der Waals surface area (Å²) in [7, 11) is 0. The van der Waals surface area contributed by atoms with Gasteiger partial charge in [-0.05, 0) is 49.2 Å². The normalized spacial score (nSPS) is 11.0. The van der Waals surface area contributed by atoms with E-state index in [2.05, 4.69) is 0 Å². The van der Waals surface area contributed by atoms with Crippen LogP contribution in [0.4, 0.5) is 5.13 Å². The number of carbonyl (C=O) groups is 1. The first-order chi connectivity index (χ1) is 13.5. The number of nitrogens with zero attached hydrogens (tertiary/aromatic N) is 2. The van der Waals surface area contributed by atoms with Crippen LogP contribution < -0.4 is 4.90 Å². The fourth-order valence-corrected chi connectivity index (χ4v) is 4.34. The van der Waals surface area contributed by atoms with E-state index in [-0.39, 0.29) is 5.91 Å². The third-order valence-corrected chi connectivity index (χ3v) is 5.90. The van der Waals surface area contributed by atoms with Crippen molar-refractivity contribution >= 4 is 44.2 Å². The fraction of sp³-hybridized carbons (Fsp3) is 0.130. The molecule has 0 saturated heterocycles. The van der Waals surface area contributed by atoms with E-state index < -0.39 is 0 Å². The van der Waals surface area contributed by atoms with Gasteiger partial charge >= 0.3 is 0 Å². The number of aryl methyl sites for hydroxylation is 2. The Morgan fingerprint density at radius 2 is 1.82 bits per heavy atom. The van der Waals surface area contributed by atoms with Gasteiger partial charge in [-0.3, -0.25) is 9.69 Å². The van der Waals surface area contributed by atoms with Gasteiger partial charge in [0.15, 0.2) is 5.13 Å². The molecule has 1 aromatic heterocycles. The van der Waals surface area contributed by atoms with Gasteiger partial charge in [-0.25, -0.2) is 4.98 Å². The van der Waals surface area contributed by atoms with Crippen LogP contribution in [0.5, 0.6) is 0 Å². The molecule has 3 nitrogen and oxygen atoms in total. The Balaban J connectivity index is 1.80. The first kappa shape index (κ1) is 18.7. The van der Waals surface area contributed by atoms with Crippen molar-refractivity contribution in [2.24, 2.45) is 0 Å². The second-order valence-corrected chi connectivity index (χ2v) is 8.25. The lowest BCUT2D eigenvalue weighted by Gasteiger charge is -2.21. The molecule has 0 bridgehead atoms. The summed E-state index contributed by atoms with van der Waals surface area (Å²) in [6, 6.07) is 21.5. The van der Waals surface area contributed by atoms with Crippen LogP contribution in [0, 0.1) is 13.8 Å². The maximum atomic E-state index is 13.5. The number of fused-ring (bicyclic) bond motifs is 1. The van der Waals surface area contributed by atoms with Crippen molar-refractivity contribution in [3.05, 3.63) is 94.0 Å². The van der Waals surface area contributed by atoms with Crippen LogP contribution in [-0.2, 0) is 6.54 Å². The average Bonchev–Trinajstić information content (AvgIpc) is 3.11. The summed E-state index contributed by atoms with van der Waals surface area (Å²) >= 11 is 7.61. The second-order valence-electron chi connectivity index (χ2n) is 6.80. The van der Waals surface area contributed by atoms with E-state index in [1.54, 1.807) is 4.90 Å². The zero-order chi connectivity index (χ0) is 19.7. The summed E-state index contributed by atoms with van der Waals surface area (Å²) in [4.78, 5) is 20.0. The zero-order valence-electron chi connectivity index (χ0n) is 15.6. The SMILES string of the molecule is Cc1ccc(C)c(C(=O)N(Cc2ccccc2)c2nc3ccc(Cl)cc3s2)c1. The van der Waals surface area contributed by atoms with Crippen LogP contribution in [0.25, 0.3) is 10.2 Å². The number of anilines is 1. The maximum absolute atomic E-state index is 13.5. The number of rotatable bonds is 4. The molecule has 0 radical (unpaired) electrons. The lowest BCUT2D eigenvalue weighted by Crippen LogP contribution is -2.31. The van der Waals surface area contributed by atoms with Gasteiger partial charge in [0.05, 0.1) is 16.8 Å². The highest BCUT2D eigenvalue weighted by Crippen LogP contribution is 2.32. The number of hydrogen-bond donors (Lipinski definition) is 0. The van der Waals surface area contributed by atoms with Gasteiger partial charge in [-0.1, -0.05) is 71.0 Å². The van der Waals surface area contributed by atoms with Gasteiger partial charge in [0.25, 0.3) is 5.91 Å². The van der Waals surface area contributed by atoms with Gasteiger partial charge in [-0.2, -0.15) is 0 Å². The number of aromatic nitrogens is 1. The summed E-state index contributed by atoms with van der Waals surface area (Å²) in [6.45, 7) is 4.42. The number of benzene rings is 3. The smallest absolute Gasteiger partial charge is 0.260 e. The van der Waals surface area contributed by atoms with Gasteiger partial charge in [0.2, 0.25) is 0 Å².